The largest absolute Gasteiger partial charge is 0.438 e. The Kier molecular flexibility index (Phi) is 2.86. The molecule has 2 aromatic carbocycles. The minimum Gasteiger partial charge on any atom is -0.438 e. The van der Waals surface area contributed by atoms with E-state index < -0.39 is 5.82 Å². The van der Waals surface area contributed by atoms with Gasteiger partial charge in [0.15, 0.2) is 5.58 Å². The zero-order chi connectivity index (χ0) is 14.4. The molecule has 1 unspecified atom stereocenters. The van der Waals surface area contributed by atoms with E-state index >= 15 is 0 Å². The molecule has 3 nitrogen and oxygen atoms in total. The fourth-order valence-corrected chi connectivity index (χ4v) is 3.09. The summed E-state index contributed by atoms with van der Waals surface area (Å²) in [4.78, 5) is 4.44. The molecule has 2 heterocycles. The number of halogens is 2. The zero-order valence-corrected chi connectivity index (χ0v) is 11.8. The summed E-state index contributed by atoms with van der Waals surface area (Å²) in [7, 11) is 0. The molecule has 21 heavy (non-hydrogen) atoms. The van der Waals surface area contributed by atoms with Crippen molar-refractivity contribution >= 4 is 28.4 Å². The number of para-hydroxylation sites is 1. The van der Waals surface area contributed by atoms with Crippen molar-refractivity contribution in [2.24, 2.45) is 0 Å². The average molecular weight is 303 g/mol. The molecule has 3 aromatic rings. The third kappa shape index (κ3) is 2.07. The maximum Gasteiger partial charge on any atom is 0.203 e. The number of rotatable bonds is 1. The number of hydrogen-bond donors (Lipinski definition) is 1. The number of fused-ring (bicyclic) bond motifs is 2. The second-order valence-electron chi connectivity index (χ2n) is 5.14. The molecular weight excluding hydrogens is 291 g/mol. The number of oxazole rings is 1. The van der Waals surface area contributed by atoms with Crippen LogP contribution in [0.15, 0.2) is 40.8 Å². The second kappa shape index (κ2) is 4.74. The number of aromatic nitrogens is 1. The van der Waals surface area contributed by atoms with Crippen molar-refractivity contribution in [1.29, 1.82) is 0 Å². The van der Waals surface area contributed by atoms with Crippen molar-refractivity contribution in [2.75, 3.05) is 11.9 Å². The van der Waals surface area contributed by atoms with Crippen LogP contribution in [-0.4, -0.2) is 11.5 Å². The Morgan fingerprint density at radius 1 is 1.29 bits per heavy atom. The molecule has 5 heteroatoms. The molecule has 4 rings (SSSR count). The van der Waals surface area contributed by atoms with Gasteiger partial charge in [-0.1, -0.05) is 29.8 Å². The number of hydrogen-bond acceptors (Lipinski definition) is 3. The lowest BCUT2D eigenvalue weighted by Crippen LogP contribution is -2.17. The number of nitrogens with zero attached hydrogens (tertiary/aromatic N) is 1. The topological polar surface area (TPSA) is 38.1 Å². The van der Waals surface area contributed by atoms with Crippen LogP contribution in [0.1, 0.15) is 23.8 Å². The van der Waals surface area contributed by atoms with Crippen LogP contribution in [0.25, 0.3) is 11.1 Å². The lowest BCUT2D eigenvalue weighted by Gasteiger charge is -2.24. The molecule has 1 N–H and O–H groups in total. The SMILES string of the molecule is Fc1cc(Cl)c2oc(C3CCNc4ccccc43)nc2c1. The number of anilines is 1. The lowest BCUT2D eigenvalue weighted by atomic mass is 9.91. The molecule has 0 bridgehead atoms. The zero-order valence-electron chi connectivity index (χ0n) is 11.1. The molecule has 0 amide bonds. The van der Waals surface area contributed by atoms with E-state index in [0.29, 0.717) is 17.0 Å². The molecule has 1 aliphatic heterocycles. The van der Waals surface area contributed by atoms with E-state index in [2.05, 4.69) is 16.4 Å². The summed E-state index contributed by atoms with van der Waals surface area (Å²) in [6.45, 7) is 0.850. The third-order valence-electron chi connectivity index (χ3n) is 3.81. The van der Waals surface area contributed by atoms with Gasteiger partial charge in [0.05, 0.1) is 10.9 Å². The highest BCUT2D eigenvalue weighted by atomic mass is 35.5. The lowest BCUT2D eigenvalue weighted by molar-refractivity contribution is 0.485. The summed E-state index contributed by atoms with van der Waals surface area (Å²) < 4.78 is 19.2. The van der Waals surface area contributed by atoms with E-state index in [0.717, 1.165) is 24.2 Å². The molecule has 0 aliphatic carbocycles. The predicted octanol–water partition coefficient (Wildman–Crippen LogP) is 4.57. The molecule has 0 fully saturated rings. The smallest absolute Gasteiger partial charge is 0.203 e. The van der Waals surface area contributed by atoms with Crippen molar-refractivity contribution in [3.8, 4) is 0 Å². The van der Waals surface area contributed by atoms with Crippen molar-refractivity contribution < 1.29 is 8.81 Å². The summed E-state index contributed by atoms with van der Waals surface area (Å²) in [6, 6.07) is 10.7. The third-order valence-corrected chi connectivity index (χ3v) is 4.09. The first-order chi connectivity index (χ1) is 10.2. The Balaban J connectivity index is 1.86. The summed E-state index contributed by atoms with van der Waals surface area (Å²) in [6.07, 6.45) is 0.879. The average Bonchev–Trinajstić information content (AvgIpc) is 2.90. The molecule has 1 aromatic heterocycles. The van der Waals surface area contributed by atoms with Gasteiger partial charge in [-0.25, -0.2) is 9.37 Å². The molecule has 1 atom stereocenters. The van der Waals surface area contributed by atoms with Crippen molar-refractivity contribution in [2.45, 2.75) is 12.3 Å². The van der Waals surface area contributed by atoms with Crippen LogP contribution in [-0.2, 0) is 0 Å². The van der Waals surface area contributed by atoms with Gasteiger partial charge < -0.3 is 9.73 Å². The van der Waals surface area contributed by atoms with Crippen LogP contribution < -0.4 is 5.32 Å². The van der Waals surface area contributed by atoms with Gasteiger partial charge in [-0.15, -0.1) is 0 Å². The monoisotopic (exact) mass is 302 g/mol. The summed E-state index contributed by atoms with van der Waals surface area (Å²) in [5.41, 5.74) is 3.15. The van der Waals surface area contributed by atoms with E-state index in [1.165, 1.54) is 12.1 Å². The molecule has 0 radical (unpaired) electrons. The first kappa shape index (κ1) is 12.7. The van der Waals surface area contributed by atoms with Crippen LogP contribution in [0.4, 0.5) is 10.1 Å². The highest BCUT2D eigenvalue weighted by molar-refractivity contribution is 6.34. The minimum atomic E-state index is -0.405. The van der Waals surface area contributed by atoms with E-state index in [9.17, 15) is 4.39 Å². The predicted molar refractivity (Wildman–Crippen MR) is 80.4 cm³/mol. The Morgan fingerprint density at radius 3 is 3.05 bits per heavy atom. The maximum atomic E-state index is 13.4. The number of nitrogens with one attached hydrogen (secondary N) is 1. The first-order valence-corrected chi connectivity index (χ1v) is 7.18. The van der Waals surface area contributed by atoms with Crippen LogP contribution in [0.5, 0.6) is 0 Å². The normalized spacial score (nSPS) is 17.5. The van der Waals surface area contributed by atoms with Gasteiger partial charge in [0, 0.05) is 18.3 Å². The Labute approximate surface area is 125 Å². The molecule has 0 saturated heterocycles. The van der Waals surface area contributed by atoms with Crippen molar-refractivity contribution in [3.05, 3.63) is 58.7 Å². The molecule has 0 spiro atoms. The van der Waals surface area contributed by atoms with Crippen molar-refractivity contribution in [1.82, 2.24) is 4.98 Å². The van der Waals surface area contributed by atoms with E-state index in [1.54, 1.807) is 0 Å². The van der Waals surface area contributed by atoms with Gasteiger partial charge in [0.2, 0.25) is 5.89 Å². The van der Waals surface area contributed by atoms with E-state index in [4.69, 9.17) is 16.0 Å². The minimum absolute atomic E-state index is 0.0639. The highest BCUT2D eigenvalue weighted by Crippen LogP contribution is 2.38. The fourth-order valence-electron chi connectivity index (χ4n) is 2.85. The van der Waals surface area contributed by atoms with Crippen LogP contribution in [0.2, 0.25) is 5.02 Å². The van der Waals surface area contributed by atoms with E-state index in [1.807, 2.05) is 18.2 Å². The quantitative estimate of drug-likeness (QED) is 0.715. The van der Waals surface area contributed by atoms with Gasteiger partial charge in [-0.3, -0.25) is 0 Å². The molecular formula is C16H12ClFN2O. The second-order valence-corrected chi connectivity index (χ2v) is 5.55. The summed E-state index contributed by atoms with van der Waals surface area (Å²) in [5, 5.41) is 3.62. The molecule has 1 aliphatic rings. The maximum absolute atomic E-state index is 13.4. The highest BCUT2D eigenvalue weighted by Gasteiger charge is 2.26. The Hall–Kier alpha value is -2.07. The van der Waals surface area contributed by atoms with Gasteiger partial charge in [0.25, 0.3) is 0 Å². The van der Waals surface area contributed by atoms with Gasteiger partial charge >= 0.3 is 0 Å². The summed E-state index contributed by atoms with van der Waals surface area (Å²) in [5.74, 6) is 0.249. The Bertz CT molecular complexity index is 830. The Morgan fingerprint density at radius 2 is 2.14 bits per heavy atom. The van der Waals surface area contributed by atoms with Crippen LogP contribution in [0.3, 0.4) is 0 Å². The van der Waals surface area contributed by atoms with Crippen LogP contribution in [0, 0.1) is 5.82 Å². The summed E-state index contributed by atoms with van der Waals surface area (Å²) >= 11 is 6.03. The number of benzene rings is 2. The molecule has 0 saturated carbocycles. The molecule has 106 valence electrons. The van der Waals surface area contributed by atoms with Gasteiger partial charge in [-0.05, 0) is 24.1 Å². The standard InChI is InChI=1S/C16H12ClFN2O/c17-12-7-9(18)8-14-15(12)21-16(20-14)11-5-6-19-13-4-2-1-3-10(11)13/h1-4,7-8,11,19H,5-6H2. The van der Waals surface area contributed by atoms with Gasteiger partial charge in [-0.2, -0.15) is 0 Å². The van der Waals surface area contributed by atoms with E-state index in [-0.39, 0.29) is 10.9 Å². The first-order valence-electron chi connectivity index (χ1n) is 6.80. The van der Waals surface area contributed by atoms with Gasteiger partial charge in [0.1, 0.15) is 11.3 Å². The fraction of sp³-hybridized carbons (Fsp3) is 0.188. The van der Waals surface area contributed by atoms with Crippen LogP contribution >= 0.6 is 11.6 Å². The van der Waals surface area contributed by atoms with Crippen molar-refractivity contribution in [3.63, 3.8) is 0 Å².